The van der Waals surface area contributed by atoms with Crippen molar-refractivity contribution in [3.8, 4) is 0 Å². The van der Waals surface area contributed by atoms with E-state index in [0.717, 1.165) is 36.4 Å². The second-order valence-corrected chi connectivity index (χ2v) is 9.26. The summed E-state index contributed by atoms with van der Waals surface area (Å²) in [7, 11) is 1.94. The van der Waals surface area contributed by atoms with Gasteiger partial charge in [0.25, 0.3) is 5.91 Å². The van der Waals surface area contributed by atoms with E-state index in [0.29, 0.717) is 23.6 Å². The highest BCUT2D eigenvalue weighted by atomic mass is 32.2. The van der Waals surface area contributed by atoms with Crippen LogP contribution < -0.4 is 21.5 Å². The third-order valence-corrected chi connectivity index (χ3v) is 7.16. The van der Waals surface area contributed by atoms with Crippen molar-refractivity contribution in [3.63, 3.8) is 0 Å². The molecule has 0 radical (unpaired) electrons. The lowest BCUT2D eigenvalue weighted by Gasteiger charge is -2.47. The first-order valence-electron chi connectivity index (χ1n) is 9.95. The summed E-state index contributed by atoms with van der Waals surface area (Å²) in [6.45, 7) is 5.15. The monoisotopic (exact) mass is 403 g/mol. The van der Waals surface area contributed by atoms with E-state index >= 15 is 0 Å². The van der Waals surface area contributed by atoms with Crippen LogP contribution in [0.4, 0.5) is 0 Å². The summed E-state index contributed by atoms with van der Waals surface area (Å²) in [4.78, 5) is 27.8. The van der Waals surface area contributed by atoms with Crippen LogP contribution in [0.3, 0.4) is 0 Å². The Bertz CT molecular complexity index is 767. The van der Waals surface area contributed by atoms with E-state index in [4.69, 9.17) is 0 Å². The smallest absolute Gasteiger partial charge is 0.253 e. The van der Waals surface area contributed by atoms with Crippen LogP contribution in [0, 0.1) is 12.8 Å². The van der Waals surface area contributed by atoms with Crippen LogP contribution in [0.2, 0.25) is 0 Å². The molecule has 0 saturated carbocycles. The van der Waals surface area contributed by atoms with Gasteiger partial charge in [0.2, 0.25) is 5.91 Å². The van der Waals surface area contributed by atoms with Crippen LogP contribution in [-0.4, -0.2) is 53.8 Å². The summed E-state index contributed by atoms with van der Waals surface area (Å²) < 4.78 is 0. The maximum absolute atomic E-state index is 13.2. The van der Waals surface area contributed by atoms with Crippen molar-refractivity contribution in [2.24, 2.45) is 5.92 Å². The minimum absolute atomic E-state index is 0.127. The zero-order chi connectivity index (χ0) is 19.8. The van der Waals surface area contributed by atoms with Gasteiger partial charge in [-0.25, -0.2) is 10.9 Å². The summed E-state index contributed by atoms with van der Waals surface area (Å²) in [6, 6.07) is 6.46. The highest BCUT2D eigenvalue weighted by Crippen LogP contribution is 2.38. The van der Waals surface area contributed by atoms with Gasteiger partial charge in [0, 0.05) is 31.2 Å². The van der Waals surface area contributed by atoms with Gasteiger partial charge in [-0.3, -0.25) is 9.59 Å². The van der Waals surface area contributed by atoms with Gasteiger partial charge in [0.05, 0.1) is 11.8 Å². The number of fused-ring (bicyclic) bond motifs is 1. The van der Waals surface area contributed by atoms with Gasteiger partial charge in [-0.2, -0.15) is 0 Å². The Morgan fingerprint density at radius 3 is 2.89 bits per heavy atom. The number of carbonyl (C=O) groups is 2. The van der Waals surface area contributed by atoms with Crippen molar-refractivity contribution in [3.05, 3.63) is 34.9 Å². The summed E-state index contributed by atoms with van der Waals surface area (Å²) in [6.07, 6.45) is 1.84. The van der Waals surface area contributed by atoms with Crippen molar-refractivity contribution in [1.29, 1.82) is 0 Å². The van der Waals surface area contributed by atoms with Crippen LogP contribution >= 0.6 is 11.8 Å². The van der Waals surface area contributed by atoms with Gasteiger partial charge in [0.1, 0.15) is 5.50 Å². The average Bonchev–Trinajstić information content (AvgIpc) is 3.18. The van der Waals surface area contributed by atoms with Crippen molar-refractivity contribution in [2.75, 3.05) is 19.5 Å². The summed E-state index contributed by atoms with van der Waals surface area (Å²) >= 11 is 1.59. The molecule has 28 heavy (non-hydrogen) atoms. The molecule has 7 nitrogen and oxygen atoms in total. The minimum Gasteiger partial charge on any atom is -0.342 e. The first kappa shape index (κ1) is 19.7. The quantitative estimate of drug-likeness (QED) is 0.605. The van der Waals surface area contributed by atoms with Gasteiger partial charge in [-0.05, 0) is 55.9 Å². The molecular formula is C20H29N5O2S. The Morgan fingerprint density at radius 2 is 2.14 bits per heavy atom. The molecule has 0 aromatic heterocycles. The molecule has 2 amide bonds. The first-order valence-corrected chi connectivity index (χ1v) is 11.0. The Morgan fingerprint density at radius 1 is 1.32 bits per heavy atom. The van der Waals surface area contributed by atoms with Crippen molar-refractivity contribution in [1.82, 2.24) is 26.4 Å². The Labute approximate surface area is 170 Å². The molecule has 5 atom stereocenters. The van der Waals surface area contributed by atoms with E-state index in [2.05, 4.69) is 28.4 Å². The van der Waals surface area contributed by atoms with Crippen LogP contribution in [0.15, 0.2) is 18.2 Å². The Kier molecular flexibility index (Phi) is 5.64. The van der Waals surface area contributed by atoms with Crippen LogP contribution in [-0.2, 0) is 4.79 Å². The van der Waals surface area contributed by atoms with Crippen molar-refractivity contribution in [2.45, 2.75) is 50.2 Å². The molecule has 0 aliphatic carbocycles. The second kappa shape index (κ2) is 8.02. The molecule has 3 heterocycles. The number of carbonyl (C=O) groups excluding carboxylic acids is 2. The number of piperidine rings is 2. The largest absolute Gasteiger partial charge is 0.342 e. The predicted molar refractivity (Wildman–Crippen MR) is 111 cm³/mol. The summed E-state index contributed by atoms with van der Waals surface area (Å²) in [5.41, 5.74) is 8.49. The fraction of sp³-hybridized carbons (Fsp3) is 0.600. The minimum atomic E-state index is -0.185. The standard InChI is InChI=1S/C20H29N5O2S/c1-11-4-5-13(18(26)23-20-24-22-10-28-20)7-15(11)16-8-14-9-21-12(2)6-17(14)25(3)19(16)27/h4-5,7,12,14,16-17,20-22,24H,6,8-10H2,1-3H3,(H,23,26). The zero-order valence-corrected chi connectivity index (χ0v) is 17.4. The molecule has 5 unspecified atom stereocenters. The molecule has 1 aromatic rings. The van der Waals surface area contributed by atoms with Gasteiger partial charge < -0.3 is 15.5 Å². The van der Waals surface area contributed by atoms with E-state index in [-0.39, 0.29) is 23.2 Å². The molecule has 3 fully saturated rings. The van der Waals surface area contributed by atoms with Crippen LogP contribution in [0.5, 0.6) is 0 Å². The van der Waals surface area contributed by atoms with Crippen LogP contribution in [0.25, 0.3) is 0 Å². The van der Waals surface area contributed by atoms with Gasteiger partial charge in [-0.15, -0.1) is 11.8 Å². The number of hydrogen-bond donors (Lipinski definition) is 4. The maximum atomic E-state index is 13.2. The third-order valence-electron chi connectivity index (χ3n) is 6.28. The third kappa shape index (κ3) is 3.78. The van der Waals surface area contributed by atoms with Gasteiger partial charge >= 0.3 is 0 Å². The molecule has 8 heteroatoms. The Balaban J connectivity index is 1.56. The van der Waals surface area contributed by atoms with Gasteiger partial charge in [0.15, 0.2) is 0 Å². The number of hydrazine groups is 1. The van der Waals surface area contributed by atoms with Crippen molar-refractivity contribution < 1.29 is 9.59 Å². The molecule has 0 bridgehead atoms. The van der Waals surface area contributed by atoms with E-state index in [1.807, 2.05) is 37.1 Å². The number of likely N-dealkylation sites (tertiary alicyclic amines) is 1. The molecular weight excluding hydrogens is 374 g/mol. The number of rotatable bonds is 3. The molecule has 1 aromatic carbocycles. The lowest BCUT2D eigenvalue weighted by molar-refractivity contribution is -0.140. The maximum Gasteiger partial charge on any atom is 0.253 e. The molecule has 3 aliphatic heterocycles. The summed E-state index contributed by atoms with van der Waals surface area (Å²) in [5, 5.41) is 6.52. The fourth-order valence-electron chi connectivity index (χ4n) is 4.65. The number of hydrogen-bond acceptors (Lipinski definition) is 6. The fourth-order valence-corrected chi connectivity index (χ4v) is 5.34. The number of benzene rings is 1. The van der Waals surface area contributed by atoms with E-state index in [1.165, 1.54) is 0 Å². The first-order chi connectivity index (χ1) is 13.4. The van der Waals surface area contributed by atoms with Crippen molar-refractivity contribution >= 4 is 23.6 Å². The molecule has 152 valence electrons. The summed E-state index contributed by atoms with van der Waals surface area (Å²) in [5.74, 6) is 1.06. The lowest BCUT2D eigenvalue weighted by Crippen LogP contribution is -2.57. The normalized spacial score (nSPS) is 32.9. The lowest BCUT2D eigenvalue weighted by atomic mass is 9.75. The molecule has 4 rings (SSSR count). The molecule has 3 aliphatic rings. The van der Waals surface area contributed by atoms with Crippen LogP contribution in [0.1, 0.15) is 47.2 Å². The van der Waals surface area contributed by atoms with E-state index in [9.17, 15) is 9.59 Å². The number of aryl methyl sites for hydroxylation is 1. The molecule has 0 spiro atoms. The van der Waals surface area contributed by atoms with E-state index in [1.54, 1.807) is 11.8 Å². The number of likely N-dealkylation sites (N-methyl/N-ethyl adjacent to an activating group) is 1. The molecule has 3 saturated heterocycles. The second-order valence-electron chi connectivity index (χ2n) is 8.17. The highest BCUT2D eigenvalue weighted by Gasteiger charge is 2.43. The molecule has 4 N–H and O–H groups in total. The average molecular weight is 404 g/mol. The SMILES string of the molecule is Cc1ccc(C(=O)NC2NNCS2)cc1C1CC2CNC(C)CC2N(C)C1=O. The number of nitrogens with one attached hydrogen (secondary N) is 4. The number of thioether (sulfide) groups is 1. The predicted octanol–water partition coefficient (Wildman–Crippen LogP) is 1.12. The number of nitrogens with zero attached hydrogens (tertiary/aromatic N) is 1. The number of amides is 2. The topological polar surface area (TPSA) is 85.5 Å². The van der Waals surface area contributed by atoms with E-state index < -0.39 is 0 Å². The zero-order valence-electron chi connectivity index (χ0n) is 16.6. The Hall–Kier alpha value is -1.61. The van der Waals surface area contributed by atoms with Gasteiger partial charge in [-0.1, -0.05) is 6.07 Å². The highest BCUT2D eigenvalue weighted by molar-refractivity contribution is 8.00.